The SMILES string of the molecule is C/C=C(\C=N)C(=O)Nc1cccc(C(=N)OC(N)=Nc2ccc(C(C=N)=CN)cc2Cl)c1. The number of hydrogen-bond acceptors (Lipinski definition) is 7. The summed E-state index contributed by atoms with van der Waals surface area (Å²) < 4.78 is 5.29. The molecule has 0 bridgehead atoms. The highest BCUT2D eigenvalue weighted by Crippen LogP contribution is 2.28. The van der Waals surface area contributed by atoms with Gasteiger partial charge in [-0.15, -0.1) is 0 Å². The van der Waals surface area contributed by atoms with E-state index in [4.69, 9.17) is 44.0 Å². The van der Waals surface area contributed by atoms with E-state index in [2.05, 4.69) is 10.3 Å². The van der Waals surface area contributed by atoms with Gasteiger partial charge in [0.1, 0.15) is 0 Å². The van der Waals surface area contributed by atoms with E-state index in [1.807, 2.05) is 0 Å². The average molecular weight is 452 g/mol. The molecule has 0 aromatic heterocycles. The molecule has 0 spiro atoms. The largest absolute Gasteiger partial charge is 0.407 e. The van der Waals surface area contributed by atoms with Crippen LogP contribution in [0.1, 0.15) is 18.1 Å². The molecule has 32 heavy (non-hydrogen) atoms. The van der Waals surface area contributed by atoms with Crippen LogP contribution in [0.25, 0.3) is 5.57 Å². The Bertz CT molecular complexity index is 1150. The first-order valence-corrected chi connectivity index (χ1v) is 9.62. The zero-order valence-electron chi connectivity index (χ0n) is 17.1. The monoisotopic (exact) mass is 451 g/mol. The molecular weight excluding hydrogens is 430 g/mol. The lowest BCUT2D eigenvalue weighted by Crippen LogP contribution is -2.21. The molecule has 0 aliphatic rings. The number of nitrogens with zero attached hydrogens (tertiary/aromatic N) is 1. The molecule has 0 saturated heterocycles. The Morgan fingerprint density at radius 3 is 2.50 bits per heavy atom. The van der Waals surface area contributed by atoms with Gasteiger partial charge in [0.2, 0.25) is 5.90 Å². The molecule has 2 aromatic rings. The molecule has 10 heteroatoms. The van der Waals surface area contributed by atoms with Crippen LogP contribution in [-0.2, 0) is 9.53 Å². The number of nitrogens with two attached hydrogens (primary N) is 2. The van der Waals surface area contributed by atoms with Crippen LogP contribution < -0.4 is 16.8 Å². The van der Waals surface area contributed by atoms with Crippen molar-refractivity contribution in [3.63, 3.8) is 0 Å². The van der Waals surface area contributed by atoms with Crippen molar-refractivity contribution in [3.8, 4) is 0 Å². The number of benzene rings is 2. The fraction of sp³-hybridized carbons (Fsp3) is 0.0455. The molecule has 9 nitrogen and oxygen atoms in total. The molecule has 2 aromatic carbocycles. The maximum atomic E-state index is 12.1. The van der Waals surface area contributed by atoms with E-state index in [1.54, 1.807) is 43.3 Å². The van der Waals surface area contributed by atoms with Crippen molar-refractivity contribution < 1.29 is 9.53 Å². The molecule has 164 valence electrons. The Morgan fingerprint density at radius 1 is 1.16 bits per heavy atom. The first-order chi connectivity index (χ1) is 15.3. The smallest absolute Gasteiger partial charge is 0.294 e. The van der Waals surface area contributed by atoms with Crippen LogP contribution in [0.2, 0.25) is 5.02 Å². The van der Waals surface area contributed by atoms with E-state index in [9.17, 15) is 4.79 Å². The van der Waals surface area contributed by atoms with Gasteiger partial charge in [-0.25, -0.2) is 0 Å². The van der Waals surface area contributed by atoms with Gasteiger partial charge >= 0.3 is 0 Å². The molecule has 1 amide bonds. The molecule has 0 atom stereocenters. The maximum absolute atomic E-state index is 12.1. The second-order valence-corrected chi connectivity index (χ2v) is 6.64. The van der Waals surface area contributed by atoms with Crippen LogP contribution in [-0.4, -0.2) is 30.3 Å². The molecule has 0 saturated carbocycles. The number of amidine groups is 1. The number of anilines is 1. The molecule has 8 N–H and O–H groups in total. The summed E-state index contributed by atoms with van der Waals surface area (Å²) in [7, 11) is 0. The van der Waals surface area contributed by atoms with Crippen molar-refractivity contribution in [3.05, 3.63) is 76.5 Å². The molecular formula is C22H22ClN7O2. The third-order valence-corrected chi connectivity index (χ3v) is 4.47. The number of aliphatic imine (C=N–C) groups is 1. The van der Waals surface area contributed by atoms with Crippen LogP contribution in [0.15, 0.2) is 65.3 Å². The van der Waals surface area contributed by atoms with E-state index in [0.717, 1.165) is 12.4 Å². The van der Waals surface area contributed by atoms with Gasteiger partial charge in [0, 0.05) is 35.5 Å². The van der Waals surface area contributed by atoms with Gasteiger partial charge in [-0.05, 0) is 42.8 Å². The molecule has 2 rings (SSSR count). The van der Waals surface area contributed by atoms with E-state index >= 15 is 0 Å². The van der Waals surface area contributed by atoms with E-state index in [-0.39, 0.29) is 22.5 Å². The average Bonchev–Trinajstić information content (AvgIpc) is 2.77. The number of carbonyl (C=O) groups is 1. The van der Waals surface area contributed by atoms with Gasteiger partial charge in [0.05, 0.1) is 16.3 Å². The van der Waals surface area contributed by atoms with Gasteiger partial charge < -0.3 is 32.3 Å². The maximum Gasteiger partial charge on any atom is 0.294 e. The Balaban J connectivity index is 2.16. The lowest BCUT2D eigenvalue weighted by atomic mass is 10.1. The number of amides is 1. The number of allylic oxidation sites excluding steroid dienone is 2. The quantitative estimate of drug-likeness (QED) is 0.213. The van der Waals surface area contributed by atoms with Crippen molar-refractivity contribution in [2.45, 2.75) is 6.92 Å². The van der Waals surface area contributed by atoms with Gasteiger partial charge in [0.15, 0.2) is 0 Å². The second-order valence-electron chi connectivity index (χ2n) is 6.24. The second kappa shape index (κ2) is 11.2. The number of hydrogen-bond donors (Lipinski definition) is 6. The first-order valence-electron chi connectivity index (χ1n) is 9.24. The van der Waals surface area contributed by atoms with E-state index in [1.165, 1.54) is 18.3 Å². The minimum Gasteiger partial charge on any atom is -0.407 e. The Morgan fingerprint density at radius 2 is 1.91 bits per heavy atom. The van der Waals surface area contributed by atoms with Gasteiger partial charge in [-0.1, -0.05) is 29.8 Å². The number of carbonyl (C=O) groups excluding carboxylic acids is 1. The number of halogens is 1. The van der Waals surface area contributed by atoms with Crippen LogP contribution in [0.5, 0.6) is 0 Å². The highest BCUT2D eigenvalue weighted by atomic mass is 35.5. The minimum absolute atomic E-state index is 0.204. The highest BCUT2D eigenvalue weighted by Gasteiger charge is 2.11. The van der Waals surface area contributed by atoms with Crippen molar-refractivity contribution in [2.75, 3.05) is 5.32 Å². The third kappa shape index (κ3) is 6.13. The predicted molar refractivity (Wildman–Crippen MR) is 129 cm³/mol. The Hall–Kier alpha value is -4.24. The lowest BCUT2D eigenvalue weighted by Gasteiger charge is -2.10. The van der Waals surface area contributed by atoms with Crippen molar-refractivity contribution in [2.24, 2.45) is 16.5 Å². The zero-order valence-corrected chi connectivity index (χ0v) is 17.9. The summed E-state index contributed by atoms with van der Waals surface area (Å²) in [5.74, 6) is -0.729. The van der Waals surface area contributed by atoms with Gasteiger partial charge in [-0.3, -0.25) is 10.2 Å². The Kier molecular flexibility index (Phi) is 8.44. The number of ether oxygens (including phenoxy) is 1. The lowest BCUT2D eigenvalue weighted by molar-refractivity contribution is -0.112. The van der Waals surface area contributed by atoms with E-state index in [0.29, 0.717) is 28.1 Å². The summed E-state index contributed by atoms with van der Waals surface area (Å²) in [6.45, 7) is 1.66. The molecule has 0 unspecified atom stereocenters. The van der Waals surface area contributed by atoms with Crippen molar-refractivity contribution in [1.29, 1.82) is 16.2 Å². The molecule has 0 fully saturated rings. The highest BCUT2D eigenvalue weighted by molar-refractivity contribution is 6.33. The topological polar surface area (TPSA) is 174 Å². The third-order valence-electron chi connectivity index (χ3n) is 4.16. The van der Waals surface area contributed by atoms with E-state index < -0.39 is 5.91 Å². The van der Waals surface area contributed by atoms with Gasteiger partial charge in [-0.2, -0.15) is 4.99 Å². The molecule has 0 heterocycles. The summed E-state index contributed by atoms with van der Waals surface area (Å²) in [5.41, 5.74) is 13.7. The summed E-state index contributed by atoms with van der Waals surface area (Å²) >= 11 is 6.23. The van der Waals surface area contributed by atoms with Crippen LogP contribution in [0, 0.1) is 16.2 Å². The summed E-state index contributed by atoms with van der Waals surface area (Å²) in [5, 5.41) is 25.6. The first kappa shape index (κ1) is 24.0. The van der Waals surface area contributed by atoms with Crippen molar-refractivity contribution >= 4 is 58.8 Å². The fourth-order valence-electron chi connectivity index (χ4n) is 2.53. The summed E-state index contributed by atoms with van der Waals surface area (Å²) in [6.07, 6.45) is 4.87. The summed E-state index contributed by atoms with van der Waals surface area (Å²) in [6, 6.07) is 11.0. The standard InChI is InChI=1S/C22H22ClN7O2/c1-2-13(10-24)21(31)29-17-5-3-4-15(8-17)20(27)32-22(28)30-19-7-6-14(9-18(19)23)16(11-25)12-26/h2-12,24-25,27H,26H2,1H3,(H2,28,30)(H,29,31)/b13-2+,16-12?,24-10?,25-11?,27-20?. The molecule has 0 aliphatic carbocycles. The van der Waals surface area contributed by atoms with Crippen molar-refractivity contribution in [1.82, 2.24) is 0 Å². The summed E-state index contributed by atoms with van der Waals surface area (Å²) in [4.78, 5) is 16.2. The molecule has 0 radical (unpaired) electrons. The molecule has 0 aliphatic heterocycles. The van der Waals surface area contributed by atoms with Crippen LogP contribution >= 0.6 is 11.6 Å². The zero-order chi connectivity index (χ0) is 23.7. The van der Waals surface area contributed by atoms with Crippen LogP contribution in [0.4, 0.5) is 11.4 Å². The predicted octanol–water partition coefficient (Wildman–Crippen LogP) is 3.81. The minimum atomic E-state index is -0.443. The Labute approximate surface area is 190 Å². The van der Waals surface area contributed by atoms with Crippen LogP contribution in [0.3, 0.4) is 0 Å². The number of rotatable bonds is 7. The normalized spacial score (nSPS) is 12.1. The fourth-order valence-corrected chi connectivity index (χ4v) is 2.75. The van der Waals surface area contributed by atoms with Gasteiger partial charge in [0.25, 0.3) is 11.9 Å². The number of nitrogens with one attached hydrogen (secondary N) is 4.